The van der Waals surface area contributed by atoms with Crippen LogP contribution in [0.15, 0.2) is 78.0 Å². The van der Waals surface area contributed by atoms with Gasteiger partial charge >= 0.3 is 0 Å². The Kier molecular flexibility index (Phi) is 7.89. The molecule has 4 aromatic rings. The molecule has 35 heavy (non-hydrogen) atoms. The lowest BCUT2D eigenvalue weighted by atomic mass is 10.2. The van der Waals surface area contributed by atoms with Crippen LogP contribution in [0.1, 0.15) is 39.8 Å². The van der Waals surface area contributed by atoms with E-state index < -0.39 is 11.8 Å². The van der Waals surface area contributed by atoms with Crippen LogP contribution < -0.4 is 20.3 Å². The summed E-state index contributed by atoms with van der Waals surface area (Å²) >= 11 is 1.63. The number of ether oxygens (including phenoxy) is 2. The molecule has 0 radical (unpaired) electrons. The van der Waals surface area contributed by atoms with Crippen LogP contribution in [-0.2, 0) is 5.75 Å². The number of carbonyl (C=O) groups excluding carboxylic acids is 2. The van der Waals surface area contributed by atoms with Gasteiger partial charge in [0.1, 0.15) is 5.65 Å². The average molecular weight is 491 g/mol. The number of amides is 2. The number of nitrogens with zero attached hydrogens (tertiary/aromatic N) is 2. The van der Waals surface area contributed by atoms with Gasteiger partial charge in [-0.3, -0.25) is 20.4 Å². The predicted octanol–water partition coefficient (Wildman–Crippen LogP) is 4.50. The van der Waals surface area contributed by atoms with Gasteiger partial charge in [0.2, 0.25) is 0 Å². The molecule has 0 fully saturated rings. The van der Waals surface area contributed by atoms with Crippen LogP contribution in [0.25, 0.3) is 5.65 Å². The summed E-state index contributed by atoms with van der Waals surface area (Å²) in [5.74, 6) is 0.862. The highest BCUT2D eigenvalue weighted by atomic mass is 32.2. The maximum Gasteiger partial charge on any atom is 0.269 e. The molecular formula is C26H26N4O4S. The van der Waals surface area contributed by atoms with Crippen LogP contribution in [0.4, 0.5) is 0 Å². The maximum absolute atomic E-state index is 12.5. The molecule has 8 nitrogen and oxygen atoms in total. The molecule has 2 aromatic carbocycles. The van der Waals surface area contributed by atoms with E-state index in [0.717, 1.165) is 28.4 Å². The second-order valence-electron chi connectivity index (χ2n) is 7.63. The minimum absolute atomic E-state index is 0.338. The number of imidazole rings is 1. The van der Waals surface area contributed by atoms with Gasteiger partial charge in [0.15, 0.2) is 11.5 Å². The lowest BCUT2D eigenvalue weighted by molar-refractivity contribution is 0.0846. The van der Waals surface area contributed by atoms with Crippen molar-refractivity contribution < 1.29 is 19.1 Å². The molecule has 2 aromatic heterocycles. The number of pyridine rings is 1. The number of hydrogen-bond donors (Lipinski definition) is 2. The van der Waals surface area contributed by atoms with E-state index in [4.69, 9.17) is 9.47 Å². The van der Waals surface area contributed by atoms with Crippen molar-refractivity contribution in [1.82, 2.24) is 20.2 Å². The van der Waals surface area contributed by atoms with Crippen molar-refractivity contribution in [3.05, 3.63) is 89.9 Å². The largest absolute Gasteiger partial charge is 0.493 e. The number of hydrazine groups is 1. The molecule has 0 aliphatic carbocycles. The molecule has 0 aliphatic heterocycles. The van der Waals surface area contributed by atoms with Gasteiger partial charge in [0.25, 0.3) is 11.8 Å². The molecule has 0 saturated carbocycles. The number of nitrogens with one attached hydrogen (secondary N) is 2. The van der Waals surface area contributed by atoms with E-state index in [1.807, 2.05) is 54.0 Å². The number of aromatic nitrogens is 2. The summed E-state index contributed by atoms with van der Waals surface area (Å²) < 4.78 is 12.9. The number of fused-ring (bicyclic) bond motifs is 1. The fourth-order valence-electron chi connectivity index (χ4n) is 3.31. The molecule has 0 atom stereocenters. The third-order valence-corrected chi connectivity index (χ3v) is 6.14. The van der Waals surface area contributed by atoms with Crippen molar-refractivity contribution in [3.8, 4) is 11.5 Å². The zero-order valence-corrected chi connectivity index (χ0v) is 20.3. The van der Waals surface area contributed by atoms with Crippen molar-refractivity contribution >= 4 is 29.2 Å². The van der Waals surface area contributed by atoms with Crippen molar-refractivity contribution in [1.29, 1.82) is 0 Å². The van der Waals surface area contributed by atoms with Crippen LogP contribution in [0.3, 0.4) is 0 Å². The zero-order chi connectivity index (χ0) is 24.6. The molecule has 0 aliphatic rings. The lowest BCUT2D eigenvalue weighted by Crippen LogP contribution is -2.41. The first kappa shape index (κ1) is 24.2. The van der Waals surface area contributed by atoms with Gasteiger partial charge in [-0.2, -0.15) is 0 Å². The van der Waals surface area contributed by atoms with Gasteiger partial charge in [-0.1, -0.05) is 13.0 Å². The summed E-state index contributed by atoms with van der Waals surface area (Å²) in [6, 6.07) is 17.9. The summed E-state index contributed by atoms with van der Waals surface area (Å²) in [5.41, 5.74) is 7.54. The lowest BCUT2D eigenvalue weighted by Gasteiger charge is -2.12. The Morgan fingerprint density at radius 2 is 1.71 bits per heavy atom. The highest BCUT2D eigenvalue weighted by Crippen LogP contribution is 2.28. The summed E-state index contributed by atoms with van der Waals surface area (Å²) in [6.45, 7) is 2.56. The number of rotatable bonds is 9. The van der Waals surface area contributed by atoms with E-state index in [0.29, 0.717) is 29.2 Å². The second-order valence-corrected chi connectivity index (χ2v) is 8.68. The Labute approximate surface area is 207 Å². The van der Waals surface area contributed by atoms with Gasteiger partial charge in [-0.15, -0.1) is 11.8 Å². The number of thioether (sulfide) groups is 1. The minimum Gasteiger partial charge on any atom is -0.493 e. The van der Waals surface area contributed by atoms with E-state index >= 15 is 0 Å². The smallest absolute Gasteiger partial charge is 0.269 e. The standard InChI is InChI=1S/C26H26N4O4S/c1-3-14-34-22-12-9-19(15-23(22)33-2)26(32)29-28-25(31)18-7-10-21(11-8-18)35-17-20-16-30-13-5-4-6-24(30)27-20/h4-13,15-16H,3,14,17H2,1-2H3,(H,28,31)(H,29,32). The Morgan fingerprint density at radius 3 is 2.43 bits per heavy atom. The van der Waals surface area contributed by atoms with Crippen molar-refractivity contribution in [2.45, 2.75) is 24.0 Å². The summed E-state index contributed by atoms with van der Waals surface area (Å²) in [6.07, 6.45) is 4.84. The van der Waals surface area contributed by atoms with Crippen LogP contribution in [-0.4, -0.2) is 34.9 Å². The van der Waals surface area contributed by atoms with Gasteiger partial charge < -0.3 is 13.9 Å². The minimum atomic E-state index is -0.460. The fourth-order valence-corrected chi connectivity index (χ4v) is 4.10. The van der Waals surface area contributed by atoms with E-state index in [9.17, 15) is 9.59 Å². The second kappa shape index (κ2) is 11.4. The zero-order valence-electron chi connectivity index (χ0n) is 19.5. The monoisotopic (exact) mass is 490 g/mol. The first-order chi connectivity index (χ1) is 17.1. The number of carbonyl (C=O) groups is 2. The highest BCUT2D eigenvalue weighted by Gasteiger charge is 2.13. The van der Waals surface area contributed by atoms with Crippen LogP contribution >= 0.6 is 11.8 Å². The average Bonchev–Trinajstić information content (AvgIpc) is 3.32. The molecule has 0 unspecified atom stereocenters. The van der Waals surface area contributed by atoms with Crippen LogP contribution in [0.2, 0.25) is 0 Å². The van der Waals surface area contributed by atoms with Gasteiger partial charge in [0.05, 0.1) is 19.4 Å². The molecule has 2 amide bonds. The van der Waals surface area contributed by atoms with Gasteiger partial charge in [0, 0.05) is 34.2 Å². The summed E-state index contributed by atoms with van der Waals surface area (Å²) in [5, 5.41) is 0. The summed E-state index contributed by atoms with van der Waals surface area (Å²) in [4.78, 5) is 30.6. The first-order valence-corrected chi connectivity index (χ1v) is 12.1. The maximum atomic E-state index is 12.5. The van der Waals surface area contributed by atoms with Crippen LogP contribution in [0, 0.1) is 0 Å². The Hall–Kier alpha value is -3.98. The highest BCUT2D eigenvalue weighted by molar-refractivity contribution is 7.98. The third kappa shape index (κ3) is 6.13. The van der Waals surface area contributed by atoms with Crippen molar-refractivity contribution in [2.75, 3.05) is 13.7 Å². The topological polar surface area (TPSA) is 94.0 Å². The number of hydrogen-bond acceptors (Lipinski definition) is 6. The SMILES string of the molecule is CCCOc1ccc(C(=O)NNC(=O)c2ccc(SCc3cn4ccccc4n3)cc2)cc1OC. The molecule has 0 spiro atoms. The molecule has 2 N–H and O–H groups in total. The van der Waals surface area contributed by atoms with Crippen molar-refractivity contribution in [2.24, 2.45) is 0 Å². The molecule has 4 rings (SSSR count). The van der Waals surface area contributed by atoms with Gasteiger partial charge in [-0.05, 0) is 61.0 Å². The molecule has 0 bridgehead atoms. The fraction of sp³-hybridized carbons (Fsp3) is 0.192. The Morgan fingerprint density at radius 1 is 0.971 bits per heavy atom. The van der Waals surface area contributed by atoms with E-state index in [2.05, 4.69) is 15.8 Å². The van der Waals surface area contributed by atoms with Gasteiger partial charge in [-0.25, -0.2) is 4.98 Å². The van der Waals surface area contributed by atoms with Crippen LogP contribution in [0.5, 0.6) is 11.5 Å². The third-order valence-electron chi connectivity index (χ3n) is 5.09. The van der Waals surface area contributed by atoms with E-state index in [1.54, 1.807) is 42.1 Å². The molecule has 2 heterocycles. The Balaban J connectivity index is 1.29. The Bertz CT molecular complexity index is 1290. The predicted molar refractivity (Wildman–Crippen MR) is 135 cm³/mol. The molecule has 0 saturated heterocycles. The van der Waals surface area contributed by atoms with E-state index in [1.165, 1.54) is 7.11 Å². The molecule has 9 heteroatoms. The van der Waals surface area contributed by atoms with E-state index in [-0.39, 0.29) is 0 Å². The molecular weight excluding hydrogens is 464 g/mol. The molecule has 180 valence electrons. The quantitative estimate of drug-likeness (QED) is 0.265. The number of benzene rings is 2. The first-order valence-electron chi connectivity index (χ1n) is 11.1. The number of methoxy groups -OCH3 is 1. The van der Waals surface area contributed by atoms with Crippen molar-refractivity contribution in [3.63, 3.8) is 0 Å². The summed E-state index contributed by atoms with van der Waals surface area (Å²) in [7, 11) is 1.51. The normalized spacial score (nSPS) is 10.7.